The van der Waals surface area contributed by atoms with Gasteiger partial charge in [-0.25, -0.2) is 4.98 Å². The van der Waals surface area contributed by atoms with E-state index in [1.54, 1.807) is 0 Å². The van der Waals surface area contributed by atoms with Crippen molar-refractivity contribution in [3.05, 3.63) is 66.0 Å². The Bertz CT molecular complexity index is 1460. The fourth-order valence-electron chi connectivity index (χ4n) is 5.66. The highest BCUT2D eigenvalue weighted by Crippen LogP contribution is 2.32. The molecule has 1 unspecified atom stereocenters. The Morgan fingerprint density at radius 3 is 2.68 bits per heavy atom. The van der Waals surface area contributed by atoms with Gasteiger partial charge in [0.15, 0.2) is 0 Å². The Morgan fingerprint density at radius 2 is 1.89 bits per heavy atom. The summed E-state index contributed by atoms with van der Waals surface area (Å²) in [7, 11) is 0. The maximum atomic E-state index is 12.4. The summed E-state index contributed by atoms with van der Waals surface area (Å²) in [4.78, 5) is 30.0. The van der Waals surface area contributed by atoms with Gasteiger partial charge in [-0.2, -0.15) is 5.10 Å². The second-order valence-corrected chi connectivity index (χ2v) is 11.4. The van der Waals surface area contributed by atoms with E-state index in [1.807, 2.05) is 12.4 Å². The minimum absolute atomic E-state index is 0.286. The first-order chi connectivity index (χ1) is 18.6. The molecule has 1 aromatic carbocycles. The van der Waals surface area contributed by atoms with Crippen molar-refractivity contribution in [2.45, 2.75) is 51.6 Å². The number of hydrogen-bond acceptors (Lipinski definition) is 5. The van der Waals surface area contributed by atoms with Gasteiger partial charge >= 0.3 is 0 Å². The lowest BCUT2D eigenvalue weighted by Gasteiger charge is -2.38. The molecule has 1 aliphatic heterocycles. The molecule has 3 fully saturated rings. The number of carbonyl (C=O) groups is 1. The van der Waals surface area contributed by atoms with E-state index in [2.05, 4.69) is 73.0 Å². The maximum absolute atomic E-state index is 12.4. The molecule has 1 atom stereocenters. The summed E-state index contributed by atoms with van der Waals surface area (Å²) >= 11 is 0. The highest BCUT2D eigenvalue weighted by atomic mass is 16.2. The number of fused-ring (bicyclic) bond motifs is 1. The van der Waals surface area contributed by atoms with Crippen LogP contribution in [0.15, 0.2) is 48.9 Å². The first-order valence-corrected chi connectivity index (χ1v) is 14.1. The average molecular weight is 510 g/mol. The summed E-state index contributed by atoms with van der Waals surface area (Å²) in [5.41, 5.74) is 6.58. The number of hydrogen-bond donors (Lipinski definition) is 1. The fraction of sp³-hybridized carbons (Fsp3) is 0.467. The van der Waals surface area contributed by atoms with E-state index in [-0.39, 0.29) is 6.04 Å². The minimum Gasteiger partial charge on any atom is -0.342 e. The van der Waals surface area contributed by atoms with Gasteiger partial charge in [0.25, 0.3) is 0 Å². The van der Waals surface area contributed by atoms with Crippen LogP contribution in [-0.4, -0.2) is 66.6 Å². The van der Waals surface area contributed by atoms with Crippen LogP contribution in [0.4, 0.5) is 0 Å². The molecule has 8 heteroatoms. The van der Waals surface area contributed by atoms with E-state index in [0.717, 1.165) is 85.2 Å². The van der Waals surface area contributed by atoms with Crippen LogP contribution < -0.4 is 0 Å². The predicted molar refractivity (Wildman–Crippen MR) is 146 cm³/mol. The van der Waals surface area contributed by atoms with E-state index < -0.39 is 0 Å². The molecule has 7 rings (SSSR count). The van der Waals surface area contributed by atoms with Crippen molar-refractivity contribution >= 4 is 16.9 Å². The molecule has 196 valence electrons. The van der Waals surface area contributed by atoms with E-state index in [9.17, 15) is 4.79 Å². The Labute approximate surface area is 223 Å². The third-order valence-electron chi connectivity index (χ3n) is 8.41. The zero-order valence-corrected chi connectivity index (χ0v) is 22.0. The van der Waals surface area contributed by atoms with Gasteiger partial charge in [0, 0.05) is 74.8 Å². The molecule has 0 spiro atoms. The molecule has 1 N–H and O–H groups in total. The molecular formula is C30H35N7O. The van der Waals surface area contributed by atoms with E-state index in [4.69, 9.17) is 4.98 Å². The summed E-state index contributed by atoms with van der Waals surface area (Å²) in [6, 6.07) is 11.0. The van der Waals surface area contributed by atoms with Crippen molar-refractivity contribution in [1.29, 1.82) is 0 Å². The number of imidazole rings is 1. The monoisotopic (exact) mass is 509 g/mol. The Morgan fingerprint density at radius 1 is 1.05 bits per heavy atom. The smallest absolute Gasteiger partial charge is 0.225 e. The molecule has 1 saturated heterocycles. The molecule has 2 saturated carbocycles. The number of carbonyl (C=O) groups excluding carboxylic acids is 1. The summed E-state index contributed by atoms with van der Waals surface area (Å²) in [6.45, 7) is 6.79. The lowest BCUT2D eigenvalue weighted by Crippen LogP contribution is -2.49. The van der Waals surface area contributed by atoms with Crippen LogP contribution in [0.2, 0.25) is 0 Å². The van der Waals surface area contributed by atoms with Crippen molar-refractivity contribution in [3.8, 4) is 11.1 Å². The normalized spacial score (nSPS) is 19.2. The van der Waals surface area contributed by atoms with Crippen LogP contribution in [0.3, 0.4) is 0 Å². The van der Waals surface area contributed by atoms with Crippen molar-refractivity contribution in [2.24, 2.45) is 11.8 Å². The standard InChI is InChI=1S/C30H35N7O/c1-20(35-10-12-36(13-11-35)30(38)22-4-5-22)23-8-9-31-26(14-23)16-29-33-27-7-6-24(15-28(27)34-29)25-17-32-37(19-25)18-21-2-3-21/h6-9,14-15,17,19-22H,2-5,10-13,16,18H2,1H3,(H,33,34). The number of pyridine rings is 1. The number of nitrogens with zero attached hydrogens (tertiary/aromatic N) is 6. The topological polar surface area (TPSA) is 82.9 Å². The van der Waals surface area contributed by atoms with Crippen molar-refractivity contribution in [1.82, 2.24) is 34.5 Å². The van der Waals surface area contributed by atoms with Gasteiger partial charge < -0.3 is 9.88 Å². The van der Waals surface area contributed by atoms with Crippen LogP contribution >= 0.6 is 0 Å². The van der Waals surface area contributed by atoms with E-state index >= 15 is 0 Å². The van der Waals surface area contributed by atoms with Gasteiger partial charge in [0.05, 0.1) is 17.2 Å². The third kappa shape index (κ3) is 4.97. The Hall–Kier alpha value is -3.52. The molecule has 1 amide bonds. The van der Waals surface area contributed by atoms with Gasteiger partial charge in [0.1, 0.15) is 5.82 Å². The first kappa shape index (κ1) is 23.6. The number of rotatable bonds is 8. The summed E-state index contributed by atoms with van der Waals surface area (Å²) in [5.74, 6) is 2.40. The number of aromatic nitrogens is 5. The number of H-pyrrole nitrogens is 1. The van der Waals surface area contributed by atoms with Gasteiger partial charge in [-0.05, 0) is 73.9 Å². The van der Waals surface area contributed by atoms with Gasteiger partial charge in [-0.15, -0.1) is 0 Å². The molecule has 2 aliphatic carbocycles. The van der Waals surface area contributed by atoms with E-state index in [1.165, 1.54) is 18.4 Å². The molecule has 3 aliphatic rings. The number of aromatic amines is 1. The number of benzene rings is 1. The lowest BCUT2D eigenvalue weighted by molar-refractivity contribution is -0.134. The number of nitrogens with one attached hydrogen (secondary N) is 1. The highest BCUT2D eigenvalue weighted by Gasteiger charge is 2.35. The van der Waals surface area contributed by atoms with Crippen molar-refractivity contribution in [3.63, 3.8) is 0 Å². The van der Waals surface area contributed by atoms with Gasteiger partial charge in [-0.1, -0.05) is 6.07 Å². The van der Waals surface area contributed by atoms with Crippen LogP contribution in [0.25, 0.3) is 22.2 Å². The summed E-state index contributed by atoms with van der Waals surface area (Å²) < 4.78 is 2.07. The molecule has 8 nitrogen and oxygen atoms in total. The van der Waals surface area contributed by atoms with Crippen LogP contribution in [-0.2, 0) is 17.8 Å². The highest BCUT2D eigenvalue weighted by molar-refractivity contribution is 5.82. The lowest BCUT2D eigenvalue weighted by atomic mass is 10.1. The SMILES string of the molecule is CC(c1ccnc(Cc2nc3ccc(-c4cnn(CC5CC5)c4)cc3[nH]2)c1)N1CCN(C(=O)C2CC2)CC1. The van der Waals surface area contributed by atoms with Crippen molar-refractivity contribution < 1.29 is 4.79 Å². The molecule has 0 radical (unpaired) electrons. The second-order valence-electron chi connectivity index (χ2n) is 11.4. The predicted octanol–water partition coefficient (Wildman–Crippen LogP) is 4.44. The summed E-state index contributed by atoms with van der Waals surface area (Å²) in [6.07, 6.45) is 11.5. The zero-order chi connectivity index (χ0) is 25.6. The number of piperazine rings is 1. The number of amides is 1. The van der Waals surface area contributed by atoms with Crippen LogP contribution in [0, 0.1) is 11.8 Å². The van der Waals surface area contributed by atoms with Crippen LogP contribution in [0.1, 0.15) is 55.7 Å². The average Bonchev–Trinajstić information content (AvgIpc) is 3.86. The molecule has 4 aromatic rings. The molecule has 38 heavy (non-hydrogen) atoms. The molecule has 4 heterocycles. The molecule has 0 bridgehead atoms. The van der Waals surface area contributed by atoms with Crippen molar-refractivity contribution in [2.75, 3.05) is 26.2 Å². The zero-order valence-electron chi connectivity index (χ0n) is 22.0. The molecular weight excluding hydrogens is 474 g/mol. The Balaban J connectivity index is 1.02. The van der Waals surface area contributed by atoms with Gasteiger partial charge in [0.2, 0.25) is 5.91 Å². The Kier molecular flexibility index (Phi) is 5.99. The van der Waals surface area contributed by atoms with Gasteiger partial charge in [-0.3, -0.25) is 19.4 Å². The van der Waals surface area contributed by atoms with E-state index in [0.29, 0.717) is 18.2 Å². The molecule has 3 aromatic heterocycles. The largest absolute Gasteiger partial charge is 0.342 e. The quantitative estimate of drug-likeness (QED) is 0.380. The maximum Gasteiger partial charge on any atom is 0.225 e. The second kappa shape index (κ2) is 9.66. The summed E-state index contributed by atoms with van der Waals surface area (Å²) in [5, 5.41) is 4.55. The van der Waals surface area contributed by atoms with Crippen LogP contribution in [0.5, 0.6) is 0 Å². The minimum atomic E-state index is 0.286. The first-order valence-electron chi connectivity index (χ1n) is 14.1. The third-order valence-corrected chi connectivity index (χ3v) is 8.41. The fourth-order valence-corrected chi connectivity index (χ4v) is 5.66.